The Morgan fingerprint density at radius 1 is 0.864 bits per heavy atom. The molecule has 6 heteroatoms. The van der Waals surface area contributed by atoms with E-state index in [0.29, 0.717) is 10.8 Å². The molecule has 0 unspecified atom stereocenters. The Hall–Kier alpha value is -3.15. The van der Waals surface area contributed by atoms with E-state index in [0.717, 1.165) is 0 Å². The number of hydroxylamine groups is 2. The molecule has 2 aromatic carbocycles. The van der Waals surface area contributed by atoms with Crippen molar-refractivity contribution < 1.29 is 24.0 Å². The van der Waals surface area contributed by atoms with Gasteiger partial charge in [0.15, 0.2) is 6.61 Å². The van der Waals surface area contributed by atoms with Gasteiger partial charge in [-0.15, -0.1) is 0 Å². The van der Waals surface area contributed by atoms with Crippen LogP contribution in [0.15, 0.2) is 54.6 Å². The molecule has 0 aliphatic carbocycles. The van der Waals surface area contributed by atoms with E-state index in [1.54, 1.807) is 36.4 Å². The average Bonchev–Trinajstić information content (AvgIpc) is 2.79. The summed E-state index contributed by atoms with van der Waals surface area (Å²) >= 11 is 0. The summed E-state index contributed by atoms with van der Waals surface area (Å²) in [6.45, 7) is -0.405. The maximum Gasteiger partial charge on any atom is 0.370 e. The second-order valence-electron chi connectivity index (χ2n) is 4.52. The van der Waals surface area contributed by atoms with Gasteiger partial charge in [-0.2, -0.15) is 0 Å². The third-order valence-electron chi connectivity index (χ3n) is 3.05. The number of fused-ring (bicyclic) bond motifs is 1. The summed E-state index contributed by atoms with van der Waals surface area (Å²) < 4.78 is 5.20. The maximum atomic E-state index is 12.0. The lowest BCUT2D eigenvalue weighted by atomic mass is 10.1. The van der Waals surface area contributed by atoms with E-state index in [1.165, 1.54) is 12.1 Å². The van der Waals surface area contributed by atoms with Gasteiger partial charge in [0.05, 0.1) is 11.1 Å². The molecule has 22 heavy (non-hydrogen) atoms. The Bertz CT molecular complexity index is 706. The lowest BCUT2D eigenvalue weighted by Gasteiger charge is -2.13. The van der Waals surface area contributed by atoms with Crippen molar-refractivity contribution in [2.24, 2.45) is 0 Å². The molecular weight excluding hydrogens is 286 g/mol. The van der Waals surface area contributed by atoms with Gasteiger partial charge >= 0.3 is 5.97 Å². The van der Waals surface area contributed by atoms with E-state index < -0.39 is 24.4 Å². The third kappa shape index (κ3) is 2.54. The van der Waals surface area contributed by atoms with E-state index in [1.807, 2.05) is 6.07 Å². The van der Waals surface area contributed by atoms with Crippen molar-refractivity contribution in [3.05, 3.63) is 65.7 Å². The van der Waals surface area contributed by atoms with Crippen LogP contribution in [0.3, 0.4) is 0 Å². The van der Waals surface area contributed by atoms with Crippen molar-refractivity contribution >= 4 is 17.8 Å². The second kappa shape index (κ2) is 5.69. The predicted octanol–water partition coefficient (Wildman–Crippen LogP) is 1.82. The van der Waals surface area contributed by atoms with E-state index in [-0.39, 0.29) is 11.1 Å². The summed E-state index contributed by atoms with van der Waals surface area (Å²) in [4.78, 5) is 40.5. The van der Waals surface area contributed by atoms with Crippen LogP contribution in [0.2, 0.25) is 0 Å². The minimum atomic E-state index is -0.835. The number of hydrogen-bond acceptors (Lipinski definition) is 5. The molecule has 2 amide bonds. The molecule has 1 aliphatic heterocycles. The first-order valence-electron chi connectivity index (χ1n) is 6.53. The Balaban J connectivity index is 1.63. The van der Waals surface area contributed by atoms with E-state index in [9.17, 15) is 14.4 Å². The molecule has 6 nitrogen and oxygen atoms in total. The fourth-order valence-electron chi connectivity index (χ4n) is 2.04. The van der Waals surface area contributed by atoms with Gasteiger partial charge < -0.3 is 9.57 Å². The van der Waals surface area contributed by atoms with Gasteiger partial charge in [0.2, 0.25) is 0 Å². The van der Waals surface area contributed by atoms with Gasteiger partial charge in [-0.25, -0.2) is 4.79 Å². The maximum absolute atomic E-state index is 12.0. The highest BCUT2D eigenvalue weighted by Gasteiger charge is 2.38. The van der Waals surface area contributed by atoms with Gasteiger partial charge in [-0.3, -0.25) is 9.59 Å². The van der Waals surface area contributed by atoms with Crippen LogP contribution in [0.4, 0.5) is 0 Å². The van der Waals surface area contributed by atoms with Gasteiger partial charge in [0.1, 0.15) is 5.75 Å². The summed E-state index contributed by atoms with van der Waals surface area (Å²) in [7, 11) is 0. The molecule has 0 bridgehead atoms. The van der Waals surface area contributed by atoms with Crippen molar-refractivity contribution in [1.29, 1.82) is 0 Å². The van der Waals surface area contributed by atoms with E-state index in [4.69, 9.17) is 9.57 Å². The van der Waals surface area contributed by atoms with Gasteiger partial charge in [0.25, 0.3) is 11.8 Å². The van der Waals surface area contributed by atoms with Crippen molar-refractivity contribution in [2.75, 3.05) is 6.61 Å². The number of nitrogens with zero attached hydrogens (tertiary/aromatic N) is 1. The molecule has 1 heterocycles. The molecule has 0 radical (unpaired) electrons. The summed E-state index contributed by atoms with van der Waals surface area (Å²) in [5.74, 6) is -1.66. The minimum Gasteiger partial charge on any atom is -0.482 e. The van der Waals surface area contributed by atoms with Crippen molar-refractivity contribution in [1.82, 2.24) is 5.06 Å². The van der Waals surface area contributed by atoms with Gasteiger partial charge in [-0.1, -0.05) is 35.4 Å². The molecule has 0 saturated heterocycles. The number of carbonyl (C=O) groups is 3. The zero-order valence-corrected chi connectivity index (χ0v) is 11.4. The van der Waals surface area contributed by atoms with Gasteiger partial charge in [-0.05, 0) is 24.3 Å². The molecule has 0 N–H and O–H groups in total. The van der Waals surface area contributed by atoms with Crippen molar-refractivity contribution in [3.63, 3.8) is 0 Å². The van der Waals surface area contributed by atoms with Crippen LogP contribution in [0.5, 0.6) is 5.75 Å². The smallest absolute Gasteiger partial charge is 0.370 e. The molecular formula is C16H11NO5. The first-order valence-corrected chi connectivity index (χ1v) is 6.53. The van der Waals surface area contributed by atoms with Gasteiger partial charge in [0, 0.05) is 0 Å². The second-order valence-corrected chi connectivity index (χ2v) is 4.52. The molecule has 0 atom stereocenters. The topological polar surface area (TPSA) is 72.9 Å². The highest BCUT2D eigenvalue weighted by atomic mass is 16.7. The molecule has 3 rings (SSSR count). The number of benzene rings is 2. The summed E-state index contributed by atoms with van der Waals surface area (Å²) in [5.41, 5.74) is 0.425. The monoisotopic (exact) mass is 297 g/mol. The van der Waals surface area contributed by atoms with Crippen LogP contribution in [0, 0.1) is 0 Å². The highest BCUT2D eigenvalue weighted by molar-refractivity contribution is 6.20. The molecule has 2 aromatic rings. The normalized spacial score (nSPS) is 13.0. The summed E-state index contributed by atoms with van der Waals surface area (Å²) in [6, 6.07) is 14.9. The largest absolute Gasteiger partial charge is 0.482 e. The zero-order chi connectivity index (χ0) is 15.5. The number of para-hydroxylation sites is 1. The SMILES string of the molecule is O=C(COc1ccccc1)ON1C(=O)c2ccccc2C1=O. The van der Waals surface area contributed by atoms with E-state index >= 15 is 0 Å². The molecule has 1 aliphatic rings. The van der Waals surface area contributed by atoms with Crippen LogP contribution in [-0.2, 0) is 9.63 Å². The number of carbonyl (C=O) groups excluding carboxylic acids is 3. The first-order chi connectivity index (χ1) is 10.7. The molecule has 0 aromatic heterocycles. The Morgan fingerprint density at radius 3 is 2.00 bits per heavy atom. The standard InChI is InChI=1S/C16H11NO5/c18-14(10-21-11-6-2-1-3-7-11)22-17-15(19)12-8-4-5-9-13(12)16(17)20/h1-9H,10H2. The van der Waals surface area contributed by atoms with Crippen molar-refractivity contribution in [2.45, 2.75) is 0 Å². The summed E-state index contributed by atoms with van der Waals surface area (Å²) in [6.07, 6.45) is 0. The fraction of sp³-hybridized carbons (Fsp3) is 0.0625. The Labute approximate surface area is 125 Å². The van der Waals surface area contributed by atoms with Crippen molar-refractivity contribution in [3.8, 4) is 5.75 Å². The minimum absolute atomic E-state index is 0.212. The molecule has 110 valence electrons. The van der Waals surface area contributed by atoms with E-state index in [2.05, 4.69) is 0 Å². The Kier molecular flexibility index (Phi) is 3.57. The summed E-state index contributed by atoms with van der Waals surface area (Å²) in [5, 5.41) is 0.460. The zero-order valence-electron chi connectivity index (χ0n) is 11.4. The number of imide groups is 1. The third-order valence-corrected chi connectivity index (χ3v) is 3.05. The first kappa shape index (κ1) is 13.8. The van der Waals surface area contributed by atoms with Crippen LogP contribution in [0.25, 0.3) is 0 Å². The van der Waals surface area contributed by atoms with Crippen LogP contribution in [-0.4, -0.2) is 29.5 Å². The number of ether oxygens (including phenoxy) is 1. The molecule has 0 spiro atoms. The number of hydrogen-bond donors (Lipinski definition) is 0. The molecule has 0 fully saturated rings. The molecule has 0 saturated carbocycles. The number of amides is 2. The highest BCUT2D eigenvalue weighted by Crippen LogP contribution is 2.22. The fourth-order valence-corrected chi connectivity index (χ4v) is 2.04. The lowest BCUT2D eigenvalue weighted by molar-refractivity contribution is -0.170. The van der Waals surface area contributed by atoms with Crippen LogP contribution >= 0.6 is 0 Å². The predicted molar refractivity (Wildman–Crippen MR) is 75.0 cm³/mol. The quantitative estimate of drug-likeness (QED) is 0.805. The number of rotatable bonds is 4. The van der Waals surface area contributed by atoms with Crippen LogP contribution in [0.1, 0.15) is 20.7 Å². The average molecular weight is 297 g/mol. The van der Waals surface area contributed by atoms with Crippen LogP contribution < -0.4 is 4.74 Å². The Morgan fingerprint density at radius 2 is 1.41 bits per heavy atom. The lowest BCUT2D eigenvalue weighted by Crippen LogP contribution is -2.34.